The third-order valence-corrected chi connectivity index (χ3v) is 7.89. The number of benzene rings is 3. The second kappa shape index (κ2) is 18.2. The van der Waals surface area contributed by atoms with Crippen LogP contribution in [0.25, 0.3) is 0 Å². The minimum absolute atomic E-state index is 0.180. The maximum atomic E-state index is 13.6. The second-order valence-electron chi connectivity index (χ2n) is 11.6. The summed E-state index contributed by atoms with van der Waals surface area (Å²) in [6.45, 7) is 1.86. The van der Waals surface area contributed by atoms with Gasteiger partial charge < -0.3 is 42.6 Å². The van der Waals surface area contributed by atoms with Gasteiger partial charge in [0.05, 0.1) is 23.3 Å². The van der Waals surface area contributed by atoms with Gasteiger partial charge in [-0.2, -0.15) is 0 Å². The molecule has 3 aromatic rings. The zero-order valence-corrected chi connectivity index (χ0v) is 28.6. The number of esters is 5. The number of hydrogen-bond donors (Lipinski definition) is 0. The molecule has 1 saturated heterocycles. The zero-order chi connectivity index (χ0) is 37.0. The number of rotatable bonds is 13. The minimum atomic E-state index is -1.48. The highest BCUT2D eigenvalue weighted by Gasteiger charge is 2.53. The van der Waals surface area contributed by atoms with Crippen LogP contribution in [0.3, 0.4) is 0 Å². The molecule has 14 nitrogen and oxygen atoms in total. The number of carbonyl (C=O) groups is 5. The highest BCUT2D eigenvalue weighted by atomic mass is 16.7. The summed E-state index contributed by atoms with van der Waals surface area (Å²) in [7, 11) is 1.31. The van der Waals surface area contributed by atoms with Crippen molar-refractivity contribution >= 4 is 29.8 Å². The second-order valence-corrected chi connectivity index (χ2v) is 11.6. The van der Waals surface area contributed by atoms with Crippen molar-refractivity contribution in [1.82, 2.24) is 0 Å². The van der Waals surface area contributed by atoms with E-state index < -0.39 is 79.1 Å². The summed E-state index contributed by atoms with van der Waals surface area (Å²) in [4.78, 5) is 63.7. The van der Waals surface area contributed by atoms with Crippen LogP contribution in [0.2, 0.25) is 0 Å². The standard InChI is InChI=1S/C38H38O14/c1-23(39)45-21-29-28(47-24(2)40)19-20-31(48-29)46-22-30-32(50-35(41)25-13-7-4-8-14-25)33(51-36(42)26-15-9-5-10-16-26)34(38(44-3)49-30)52-37(43)27-17-11-6-12-18-27/h4-20,28-34,38H,21-22H2,1-3H3/t28-,29+,30+,31-,32+,33+,34+,38-/m0/s1. The van der Waals surface area contributed by atoms with Crippen molar-refractivity contribution in [3.63, 3.8) is 0 Å². The Balaban J connectivity index is 1.46. The summed E-state index contributed by atoms with van der Waals surface area (Å²) in [5, 5.41) is 0. The molecular formula is C38H38O14. The first-order chi connectivity index (χ1) is 25.1. The predicted molar refractivity (Wildman–Crippen MR) is 179 cm³/mol. The average molecular weight is 719 g/mol. The molecule has 1 fully saturated rings. The van der Waals surface area contributed by atoms with E-state index >= 15 is 0 Å². The third kappa shape index (κ3) is 10.1. The first kappa shape index (κ1) is 37.8. The van der Waals surface area contributed by atoms with Crippen LogP contribution in [0.4, 0.5) is 0 Å². The van der Waals surface area contributed by atoms with E-state index in [-0.39, 0.29) is 29.9 Å². The lowest BCUT2D eigenvalue weighted by Crippen LogP contribution is -2.63. The van der Waals surface area contributed by atoms with Gasteiger partial charge in [-0.25, -0.2) is 14.4 Å². The molecular weight excluding hydrogens is 680 g/mol. The molecule has 2 aliphatic heterocycles. The summed E-state index contributed by atoms with van der Waals surface area (Å²) >= 11 is 0. The van der Waals surface area contributed by atoms with Gasteiger partial charge in [-0.3, -0.25) is 9.59 Å². The lowest BCUT2D eigenvalue weighted by atomic mass is 9.97. The number of carbonyl (C=O) groups excluding carboxylic acids is 5. The van der Waals surface area contributed by atoms with Gasteiger partial charge in [0.25, 0.3) is 0 Å². The molecule has 0 spiro atoms. The Hall–Kier alpha value is -5.41. The topological polar surface area (TPSA) is 168 Å². The first-order valence-corrected chi connectivity index (χ1v) is 16.3. The molecule has 0 N–H and O–H groups in total. The van der Waals surface area contributed by atoms with Crippen molar-refractivity contribution in [3.05, 3.63) is 120 Å². The average Bonchev–Trinajstić information content (AvgIpc) is 3.16. The minimum Gasteiger partial charge on any atom is -0.463 e. The SMILES string of the molecule is CO[C@H]1O[C@H](CO[C@@H]2C=C[C@H](OC(C)=O)[C@@H](COC(C)=O)O2)[C@@H](OC(=O)c2ccccc2)[C@@H](OC(=O)c2ccccc2)[C@H]1OC(=O)c1ccccc1. The van der Waals surface area contributed by atoms with Crippen LogP contribution in [-0.4, -0.2) is 99.4 Å². The van der Waals surface area contributed by atoms with Crippen molar-refractivity contribution in [2.45, 2.75) is 63.1 Å². The lowest BCUT2D eigenvalue weighted by molar-refractivity contribution is -0.301. The van der Waals surface area contributed by atoms with Crippen molar-refractivity contribution in [2.75, 3.05) is 20.3 Å². The van der Waals surface area contributed by atoms with E-state index in [1.165, 1.54) is 57.4 Å². The van der Waals surface area contributed by atoms with Gasteiger partial charge in [-0.15, -0.1) is 0 Å². The van der Waals surface area contributed by atoms with Crippen LogP contribution < -0.4 is 0 Å². The van der Waals surface area contributed by atoms with E-state index in [2.05, 4.69) is 0 Å². The van der Waals surface area contributed by atoms with Crippen LogP contribution in [0.15, 0.2) is 103 Å². The maximum absolute atomic E-state index is 13.6. The van der Waals surface area contributed by atoms with Crippen LogP contribution >= 0.6 is 0 Å². The van der Waals surface area contributed by atoms with Gasteiger partial charge in [0.1, 0.15) is 24.9 Å². The molecule has 0 radical (unpaired) electrons. The molecule has 2 heterocycles. The highest BCUT2D eigenvalue weighted by molar-refractivity contribution is 5.91. The summed E-state index contributed by atoms with van der Waals surface area (Å²) in [6.07, 6.45) is -6.75. The van der Waals surface area contributed by atoms with E-state index in [4.69, 9.17) is 42.6 Å². The lowest BCUT2D eigenvalue weighted by Gasteiger charge is -2.44. The van der Waals surface area contributed by atoms with Crippen LogP contribution in [-0.2, 0) is 52.2 Å². The van der Waals surface area contributed by atoms with E-state index in [1.807, 2.05) is 0 Å². The van der Waals surface area contributed by atoms with Crippen LogP contribution in [0.1, 0.15) is 44.9 Å². The molecule has 3 aromatic carbocycles. The zero-order valence-electron chi connectivity index (χ0n) is 28.6. The molecule has 8 atom stereocenters. The molecule has 52 heavy (non-hydrogen) atoms. The number of hydrogen-bond acceptors (Lipinski definition) is 14. The Kier molecular flexibility index (Phi) is 13.2. The Morgan fingerprint density at radius 1 is 0.558 bits per heavy atom. The van der Waals surface area contributed by atoms with Gasteiger partial charge in [-0.1, -0.05) is 54.6 Å². The van der Waals surface area contributed by atoms with Crippen molar-refractivity contribution < 1.29 is 66.6 Å². The maximum Gasteiger partial charge on any atom is 0.338 e. The monoisotopic (exact) mass is 718 g/mol. The fraction of sp³-hybridized carbons (Fsp3) is 0.342. The predicted octanol–water partition coefficient (Wildman–Crippen LogP) is 3.83. The Morgan fingerprint density at radius 3 is 1.54 bits per heavy atom. The summed E-state index contributed by atoms with van der Waals surface area (Å²) in [5.41, 5.74) is 0.565. The fourth-order valence-electron chi connectivity index (χ4n) is 5.45. The molecule has 0 aliphatic carbocycles. The van der Waals surface area contributed by atoms with Gasteiger partial charge >= 0.3 is 29.8 Å². The fourth-order valence-corrected chi connectivity index (χ4v) is 5.45. The molecule has 0 aromatic heterocycles. The Labute approximate surface area is 299 Å². The number of ether oxygens (including phenoxy) is 9. The molecule has 0 unspecified atom stereocenters. The highest BCUT2D eigenvalue weighted by Crippen LogP contribution is 2.32. The van der Waals surface area contributed by atoms with Crippen LogP contribution in [0, 0.1) is 0 Å². The van der Waals surface area contributed by atoms with Crippen molar-refractivity contribution in [2.24, 2.45) is 0 Å². The number of methoxy groups -OCH3 is 1. The smallest absolute Gasteiger partial charge is 0.338 e. The van der Waals surface area contributed by atoms with Crippen LogP contribution in [0.5, 0.6) is 0 Å². The van der Waals surface area contributed by atoms with Gasteiger partial charge in [-0.05, 0) is 48.6 Å². The van der Waals surface area contributed by atoms with Gasteiger partial charge in [0, 0.05) is 21.0 Å². The molecule has 0 amide bonds. The van der Waals surface area contributed by atoms with Gasteiger partial charge in [0.15, 0.2) is 30.9 Å². The normalized spacial score (nSPS) is 25.3. The molecule has 5 rings (SSSR count). The molecule has 2 aliphatic rings. The van der Waals surface area contributed by atoms with Gasteiger partial charge in [0.2, 0.25) is 0 Å². The van der Waals surface area contributed by atoms with Crippen molar-refractivity contribution in [1.29, 1.82) is 0 Å². The summed E-state index contributed by atoms with van der Waals surface area (Å²) < 4.78 is 52.1. The Morgan fingerprint density at radius 2 is 1.06 bits per heavy atom. The van der Waals surface area contributed by atoms with E-state index in [9.17, 15) is 24.0 Å². The quantitative estimate of drug-likeness (QED) is 0.142. The molecule has 0 bridgehead atoms. The van der Waals surface area contributed by atoms with E-state index in [1.54, 1.807) is 66.7 Å². The van der Waals surface area contributed by atoms with E-state index in [0.29, 0.717) is 0 Å². The molecule has 274 valence electrons. The Bertz CT molecular complexity index is 1700. The summed E-state index contributed by atoms with van der Waals surface area (Å²) in [6, 6.07) is 24.3. The molecule has 0 saturated carbocycles. The van der Waals surface area contributed by atoms with Crippen molar-refractivity contribution in [3.8, 4) is 0 Å². The summed E-state index contributed by atoms with van der Waals surface area (Å²) in [5.74, 6) is -3.51. The van der Waals surface area contributed by atoms with E-state index in [0.717, 1.165) is 0 Å². The largest absolute Gasteiger partial charge is 0.463 e. The molecule has 14 heteroatoms. The first-order valence-electron chi connectivity index (χ1n) is 16.3. The third-order valence-electron chi connectivity index (χ3n) is 7.89.